The van der Waals surface area contributed by atoms with Crippen LogP contribution in [0, 0.1) is 5.41 Å². The molecular formula is C10H30N2O24P8. The molecule has 0 radical (unpaired) electrons. The summed E-state index contributed by atoms with van der Waals surface area (Å²) >= 11 is 0. The maximum absolute atomic E-state index is 12.7. The molecule has 1 aliphatic rings. The second-order valence-corrected chi connectivity index (χ2v) is 25.2. The van der Waals surface area contributed by atoms with Crippen molar-refractivity contribution < 1.29 is 115 Å². The molecule has 1 aliphatic carbocycles. The van der Waals surface area contributed by atoms with Crippen LogP contribution in [0.25, 0.3) is 0 Å². The largest absolute Gasteiger partial charge is 0.342 e. The molecule has 44 heavy (non-hydrogen) atoms. The van der Waals surface area contributed by atoms with E-state index in [1.54, 1.807) is 0 Å². The van der Waals surface area contributed by atoms with Crippen LogP contribution >= 0.6 is 60.8 Å². The first-order valence-electron chi connectivity index (χ1n) is 10.7. The molecule has 1 rings (SSSR count). The molecule has 0 aliphatic heterocycles. The highest BCUT2D eigenvalue weighted by molar-refractivity contribution is 7.74. The van der Waals surface area contributed by atoms with Crippen molar-refractivity contribution in [3.05, 3.63) is 0 Å². The van der Waals surface area contributed by atoms with Crippen molar-refractivity contribution in [3.63, 3.8) is 0 Å². The van der Waals surface area contributed by atoms with Gasteiger partial charge < -0.3 is 89.8 Å². The van der Waals surface area contributed by atoms with E-state index in [-0.39, 0.29) is 0 Å². The first-order chi connectivity index (χ1) is 18.7. The molecule has 0 heterocycles. The average Bonchev–Trinajstić information content (AvgIpc) is 2.56. The highest BCUT2D eigenvalue weighted by Gasteiger charge is 2.86. The Balaban J connectivity index is 5.26. The summed E-state index contributed by atoms with van der Waals surface area (Å²) < 4.78 is 101. The van der Waals surface area contributed by atoms with Crippen molar-refractivity contribution >= 4 is 60.8 Å². The van der Waals surface area contributed by atoms with E-state index in [0.29, 0.717) is 0 Å². The third kappa shape index (κ3) is 7.79. The quantitative estimate of drug-likeness (QED) is 0.0843. The van der Waals surface area contributed by atoms with Crippen LogP contribution in [-0.2, 0) is 36.5 Å². The minimum atomic E-state index is -7.11. The number of hydrogen-bond acceptors (Lipinski definition) is 10. The van der Waals surface area contributed by atoms with Gasteiger partial charge in [0.1, 0.15) is 0 Å². The predicted molar refractivity (Wildman–Crippen MR) is 142 cm³/mol. The lowest BCUT2D eigenvalue weighted by atomic mass is 9.55. The van der Waals surface area contributed by atoms with E-state index < -0.39 is 118 Å². The third-order valence-electron chi connectivity index (χ3n) is 7.06. The highest BCUT2D eigenvalue weighted by Crippen LogP contribution is 2.85. The fourth-order valence-corrected chi connectivity index (χ4v) is 21.3. The van der Waals surface area contributed by atoms with E-state index in [1.807, 2.05) is 0 Å². The van der Waals surface area contributed by atoms with Gasteiger partial charge in [0.25, 0.3) is 0 Å². The summed E-state index contributed by atoms with van der Waals surface area (Å²) in [5.74, 6) is 0. The van der Waals surface area contributed by atoms with E-state index >= 15 is 0 Å². The summed E-state index contributed by atoms with van der Waals surface area (Å²) in [6.07, 6.45) is -5.21. The Hall–Kier alpha value is 1.12. The second-order valence-electron chi connectivity index (χ2n) is 10.0. The molecule has 20 N–H and O–H groups in total. The van der Waals surface area contributed by atoms with E-state index in [0.717, 1.165) is 0 Å². The van der Waals surface area contributed by atoms with Gasteiger partial charge >= 0.3 is 60.8 Å². The van der Waals surface area contributed by atoms with Crippen LogP contribution in [0.2, 0.25) is 0 Å². The molecule has 0 spiro atoms. The lowest BCUT2D eigenvalue weighted by Gasteiger charge is -2.66. The van der Waals surface area contributed by atoms with Gasteiger partial charge in [0.05, 0.1) is 11.1 Å². The SMILES string of the molecule is N[C@]1(C(P(=O)(O)O)P(=O)(O)O)C(C(P(=O)(O)O)P(=O)(O)O)(C(P(=O)(O)O)P(=O)(O)O)CCC[C@]1(N)C(P(=O)(O)O)P(=O)(O)O. The molecule has 264 valence electrons. The van der Waals surface area contributed by atoms with Crippen molar-refractivity contribution in [2.75, 3.05) is 0 Å². The van der Waals surface area contributed by atoms with Gasteiger partial charge in [0.15, 0.2) is 21.6 Å². The molecule has 2 atom stereocenters. The lowest BCUT2D eigenvalue weighted by Crippen LogP contribution is -2.85. The molecular weight excluding hydrogens is 780 g/mol. The summed E-state index contributed by atoms with van der Waals surface area (Å²) in [5, 5.41) is -17.8. The van der Waals surface area contributed by atoms with Crippen LogP contribution in [0.3, 0.4) is 0 Å². The summed E-state index contributed by atoms with van der Waals surface area (Å²) in [4.78, 5) is 161. The molecule has 0 aromatic carbocycles. The number of hydrogen-bond donors (Lipinski definition) is 18. The normalized spacial score (nSPS) is 25.3. The lowest BCUT2D eigenvalue weighted by molar-refractivity contribution is -0.00355. The fourth-order valence-electron chi connectivity index (χ4n) is 6.28. The van der Waals surface area contributed by atoms with Gasteiger partial charge in [-0.25, -0.2) is 0 Å². The minimum Gasteiger partial charge on any atom is -0.324 e. The molecule has 0 amide bonds. The van der Waals surface area contributed by atoms with Crippen LogP contribution in [0.4, 0.5) is 0 Å². The summed E-state index contributed by atoms with van der Waals surface area (Å²) in [7, 11) is -56.2. The molecule has 0 aromatic rings. The van der Waals surface area contributed by atoms with E-state index in [9.17, 15) is 115 Å². The zero-order valence-electron chi connectivity index (χ0n) is 21.1. The van der Waals surface area contributed by atoms with Crippen molar-refractivity contribution in [1.82, 2.24) is 0 Å². The Labute approximate surface area is 244 Å². The molecule has 34 heteroatoms. The van der Waals surface area contributed by atoms with Crippen LogP contribution in [0.5, 0.6) is 0 Å². The number of nitrogens with two attached hydrogens (primary N) is 2. The molecule has 1 saturated carbocycles. The van der Waals surface area contributed by atoms with E-state index in [4.69, 9.17) is 11.5 Å². The Morgan fingerprint density at radius 2 is 0.614 bits per heavy atom. The molecule has 1 fully saturated rings. The Bertz CT molecular complexity index is 1380. The molecule has 0 bridgehead atoms. The van der Waals surface area contributed by atoms with E-state index in [2.05, 4.69) is 0 Å². The Morgan fingerprint density at radius 3 is 0.818 bits per heavy atom. The van der Waals surface area contributed by atoms with E-state index in [1.165, 1.54) is 0 Å². The van der Waals surface area contributed by atoms with Crippen LogP contribution in [0.15, 0.2) is 0 Å². The molecule has 0 unspecified atom stereocenters. The van der Waals surface area contributed by atoms with Gasteiger partial charge in [-0.1, -0.05) is 6.42 Å². The van der Waals surface area contributed by atoms with Crippen molar-refractivity contribution in [1.29, 1.82) is 0 Å². The monoisotopic (exact) mass is 810 g/mol. The highest BCUT2D eigenvalue weighted by atomic mass is 31.3. The molecule has 0 saturated heterocycles. The number of rotatable bonds is 12. The molecule has 26 nitrogen and oxygen atoms in total. The maximum Gasteiger partial charge on any atom is 0.342 e. The third-order valence-corrected chi connectivity index (χ3v) is 23.0. The maximum atomic E-state index is 12.7. The summed E-state index contributed by atoms with van der Waals surface area (Å²) in [6.45, 7) is 0. The predicted octanol–water partition coefficient (Wildman–Crippen LogP) is -3.72. The van der Waals surface area contributed by atoms with Gasteiger partial charge in [0.2, 0.25) is 0 Å². The molecule has 0 aromatic heterocycles. The standard InChI is InChI=1S/C10H30N2O24P8/c11-9(6(41(25,26)27)42(28,29)30)3-1-2-8(4(37(13,14)15)38(16,17)18,5(39(19,20)21)40(22,23)24)10(9,12)7(43(31,32)33)44(34,35)36/h4-7H,1-3,11-12H2,(H2,13,14,15)(H2,16,17,18)(H2,19,20,21)(H2,22,23,24)(H2,25,26,27)(H2,28,29,30)(H2,31,32,33)(H2,34,35,36)/t9-,10+/m0/s1. The topological polar surface area (TPSA) is 512 Å². The van der Waals surface area contributed by atoms with Crippen LogP contribution in [-0.4, -0.2) is 111 Å². The zero-order chi connectivity index (χ0) is 35.9. The van der Waals surface area contributed by atoms with Gasteiger partial charge in [-0.3, -0.25) is 36.5 Å². The van der Waals surface area contributed by atoms with Gasteiger partial charge in [0, 0.05) is 5.41 Å². The van der Waals surface area contributed by atoms with Crippen molar-refractivity contribution in [2.45, 2.75) is 51.9 Å². The Morgan fingerprint density at radius 1 is 0.386 bits per heavy atom. The first-order valence-corrected chi connectivity index (χ1v) is 24.1. The minimum absolute atomic E-state index is 1.45. The zero-order valence-corrected chi connectivity index (χ0v) is 28.2. The van der Waals surface area contributed by atoms with Gasteiger partial charge in [-0.05, 0) is 12.8 Å². The average molecular weight is 810 g/mol. The second kappa shape index (κ2) is 12.2. The van der Waals surface area contributed by atoms with Gasteiger partial charge in [-0.2, -0.15) is 0 Å². The smallest absolute Gasteiger partial charge is 0.324 e. The first kappa shape index (κ1) is 43.1. The van der Waals surface area contributed by atoms with Crippen LogP contribution in [0.1, 0.15) is 19.3 Å². The van der Waals surface area contributed by atoms with Crippen LogP contribution < -0.4 is 11.5 Å². The Kier molecular flexibility index (Phi) is 11.9. The fraction of sp³-hybridized carbons (Fsp3) is 1.00. The van der Waals surface area contributed by atoms with Gasteiger partial charge in [-0.15, -0.1) is 0 Å². The summed E-state index contributed by atoms with van der Waals surface area (Å²) in [6, 6.07) is 0. The van der Waals surface area contributed by atoms with Crippen molar-refractivity contribution in [3.8, 4) is 0 Å². The summed E-state index contributed by atoms with van der Waals surface area (Å²) in [5.41, 5.74) is -2.82. The van der Waals surface area contributed by atoms with Crippen molar-refractivity contribution in [2.24, 2.45) is 16.9 Å².